The minimum absolute atomic E-state index is 0.433. The highest BCUT2D eigenvalue weighted by Gasteiger charge is 2.31. The van der Waals surface area contributed by atoms with Gasteiger partial charge >= 0.3 is 0 Å². The standard InChI is InChI=1S/C18H28N2/c1-18(2,3)15-10-11-20(13-15)17-8-4-14(5-9-17)12-19-16-6-7-16/h4-5,8-9,15-16,19H,6-7,10-13H2,1-3H3. The fourth-order valence-electron chi connectivity index (χ4n) is 3.08. The van der Waals surface area contributed by atoms with E-state index in [0.29, 0.717) is 5.41 Å². The number of hydrogen-bond acceptors (Lipinski definition) is 2. The zero-order valence-electron chi connectivity index (χ0n) is 13.2. The van der Waals surface area contributed by atoms with E-state index in [2.05, 4.69) is 55.3 Å². The van der Waals surface area contributed by atoms with Gasteiger partial charge in [-0.15, -0.1) is 0 Å². The molecular weight excluding hydrogens is 244 g/mol. The molecule has 0 radical (unpaired) electrons. The van der Waals surface area contributed by atoms with E-state index in [1.54, 1.807) is 0 Å². The Labute approximate surface area is 123 Å². The van der Waals surface area contributed by atoms with Gasteiger partial charge in [0.05, 0.1) is 0 Å². The molecule has 0 aromatic heterocycles. The number of nitrogens with one attached hydrogen (secondary N) is 1. The van der Waals surface area contributed by atoms with Gasteiger partial charge in [0.25, 0.3) is 0 Å². The average Bonchev–Trinajstić information content (AvgIpc) is 3.09. The first-order chi connectivity index (χ1) is 9.52. The van der Waals surface area contributed by atoms with Crippen LogP contribution in [0.4, 0.5) is 5.69 Å². The van der Waals surface area contributed by atoms with Crippen molar-refractivity contribution in [3.05, 3.63) is 29.8 Å². The van der Waals surface area contributed by atoms with Crippen molar-refractivity contribution >= 4 is 5.69 Å². The van der Waals surface area contributed by atoms with Gasteiger partial charge in [0.15, 0.2) is 0 Å². The van der Waals surface area contributed by atoms with Crippen molar-refractivity contribution in [2.24, 2.45) is 11.3 Å². The number of anilines is 1. The van der Waals surface area contributed by atoms with Crippen LogP contribution in [0.5, 0.6) is 0 Å². The normalized spacial score (nSPS) is 23.4. The zero-order valence-corrected chi connectivity index (χ0v) is 13.2. The van der Waals surface area contributed by atoms with Gasteiger partial charge in [-0.3, -0.25) is 0 Å². The maximum absolute atomic E-state index is 3.58. The van der Waals surface area contributed by atoms with Crippen LogP contribution < -0.4 is 10.2 Å². The molecule has 110 valence electrons. The molecule has 1 unspecified atom stereocenters. The van der Waals surface area contributed by atoms with Gasteiger partial charge in [-0.1, -0.05) is 32.9 Å². The molecule has 2 nitrogen and oxygen atoms in total. The first-order valence-corrected chi connectivity index (χ1v) is 8.09. The second kappa shape index (κ2) is 5.40. The first kappa shape index (κ1) is 13.9. The van der Waals surface area contributed by atoms with Crippen LogP contribution in [0.3, 0.4) is 0 Å². The molecule has 2 heteroatoms. The molecule has 0 bridgehead atoms. The zero-order chi connectivity index (χ0) is 14.2. The second-order valence-corrected chi connectivity index (χ2v) is 7.62. The Hall–Kier alpha value is -1.02. The Bertz CT molecular complexity index is 439. The molecule has 1 aromatic rings. The molecule has 20 heavy (non-hydrogen) atoms. The van der Waals surface area contributed by atoms with E-state index in [4.69, 9.17) is 0 Å². The molecule has 1 heterocycles. The summed E-state index contributed by atoms with van der Waals surface area (Å²) in [6, 6.07) is 9.97. The lowest BCUT2D eigenvalue weighted by Crippen LogP contribution is -2.25. The van der Waals surface area contributed by atoms with Crippen molar-refractivity contribution in [2.75, 3.05) is 18.0 Å². The molecule has 1 aliphatic heterocycles. The summed E-state index contributed by atoms with van der Waals surface area (Å²) in [5.41, 5.74) is 3.24. The maximum Gasteiger partial charge on any atom is 0.0366 e. The highest BCUT2D eigenvalue weighted by molar-refractivity contribution is 5.48. The summed E-state index contributed by atoms with van der Waals surface area (Å²) in [5, 5.41) is 3.58. The minimum atomic E-state index is 0.433. The summed E-state index contributed by atoms with van der Waals surface area (Å²) in [6.45, 7) is 10.6. The van der Waals surface area contributed by atoms with Crippen LogP contribution >= 0.6 is 0 Å². The van der Waals surface area contributed by atoms with Crippen molar-refractivity contribution in [3.63, 3.8) is 0 Å². The third-order valence-corrected chi connectivity index (χ3v) is 4.89. The van der Waals surface area contributed by atoms with Gasteiger partial charge in [0, 0.05) is 31.4 Å². The van der Waals surface area contributed by atoms with Gasteiger partial charge in [-0.05, 0) is 48.3 Å². The van der Waals surface area contributed by atoms with E-state index in [-0.39, 0.29) is 0 Å². The fourth-order valence-corrected chi connectivity index (χ4v) is 3.08. The van der Waals surface area contributed by atoms with Crippen LogP contribution in [0.1, 0.15) is 45.6 Å². The van der Waals surface area contributed by atoms with Crippen LogP contribution in [0.2, 0.25) is 0 Å². The molecule has 1 saturated carbocycles. The molecule has 1 aliphatic carbocycles. The lowest BCUT2D eigenvalue weighted by Gasteiger charge is -2.27. The van der Waals surface area contributed by atoms with E-state index >= 15 is 0 Å². The van der Waals surface area contributed by atoms with Crippen LogP contribution in [0.15, 0.2) is 24.3 Å². The SMILES string of the molecule is CC(C)(C)C1CCN(c2ccc(CNC3CC3)cc2)C1. The van der Waals surface area contributed by atoms with E-state index in [0.717, 1.165) is 18.5 Å². The maximum atomic E-state index is 3.58. The highest BCUT2D eigenvalue weighted by atomic mass is 15.2. The van der Waals surface area contributed by atoms with E-state index < -0.39 is 0 Å². The number of rotatable bonds is 4. The third-order valence-electron chi connectivity index (χ3n) is 4.89. The lowest BCUT2D eigenvalue weighted by molar-refractivity contribution is 0.263. The van der Waals surface area contributed by atoms with Crippen LogP contribution in [0, 0.1) is 11.3 Å². The van der Waals surface area contributed by atoms with Gasteiger partial charge in [0.1, 0.15) is 0 Å². The van der Waals surface area contributed by atoms with E-state index in [9.17, 15) is 0 Å². The Morgan fingerprint density at radius 2 is 1.80 bits per heavy atom. The van der Waals surface area contributed by atoms with Crippen LogP contribution in [-0.4, -0.2) is 19.1 Å². The van der Waals surface area contributed by atoms with Crippen molar-refractivity contribution in [1.29, 1.82) is 0 Å². The molecule has 2 aliphatic rings. The first-order valence-electron chi connectivity index (χ1n) is 8.09. The van der Waals surface area contributed by atoms with Gasteiger partial charge in [-0.2, -0.15) is 0 Å². The Morgan fingerprint density at radius 3 is 2.35 bits per heavy atom. The summed E-state index contributed by atoms with van der Waals surface area (Å²) in [5.74, 6) is 0.818. The predicted octanol–water partition coefficient (Wildman–Crippen LogP) is 3.81. The van der Waals surface area contributed by atoms with Crippen LogP contribution in [-0.2, 0) is 6.54 Å². The minimum Gasteiger partial charge on any atom is -0.371 e. The summed E-state index contributed by atoms with van der Waals surface area (Å²) in [4.78, 5) is 2.55. The fraction of sp³-hybridized carbons (Fsp3) is 0.667. The van der Waals surface area contributed by atoms with Crippen molar-refractivity contribution in [3.8, 4) is 0 Å². The van der Waals surface area contributed by atoms with Crippen LogP contribution in [0.25, 0.3) is 0 Å². The van der Waals surface area contributed by atoms with Gasteiger partial charge in [0.2, 0.25) is 0 Å². The summed E-state index contributed by atoms with van der Waals surface area (Å²) in [6.07, 6.45) is 4.05. The van der Waals surface area contributed by atoms with Gasteiger partial charge < -0.3 is 10.2 Å². The Balaban J connectivity index is 1.57. The molecule has 1 atom stereocenters. The molecular formula is C18H28N2. The summed E-state index contributed by atoms with van der Waals surface area (Å²) < 4.78 is 0. The molecule has 2 fully saturated rings. The molecule has 1 N–H and O–H groups in total. The topological polar surface area (TPSA) is 15.3 Å². The molecule has 3 rings (SSSR count). The van der Waals surface area contributed by atoms with E-state index in [1.165, 1.54) is 43.6 Å². The monoisotopic (exact) mass is 272 g/mol. The average molecular weight is 272 g/mol. The number of nitrogens with zero attached hydrogens (tertiary/aromatic N) is 1. The smallest absolute Gasteiger partial charge is 0.0366 e. The lowest BCUT2D eigenvalue weighted by atomic mass is 9.80. The number of benzene rings is 1. The number of hydrogen-bond donors (Lipinski definition) is 1. The largest absolute Gasteiger partial charge is 0.371 e. The second-order valence-electron chi connectivity index (χ2n) is 7.62. The third kappa shape index (κ3) is 3.35. The molecule has 1 aromatic carbocycles. The Morgan fingerprint density at radius 1 is 1.10 bits per heavy atom. The van der Waals surface area contributed by atoms with Crippen molar-refractivity contribution in [2.45, 2.75) is 52.6 Å². The molecule has 1 saturated heterocycles. The van der Waals surface area contributed by atoms with Crippen molar-refractivity contribution < 1.29 is 0 Å². The van der Waals surface area contributed by atoms with E-state index in [1.807, 2.05) is 0 Å². The predicted molar refractivity (Wildman–Crippen MR) is 86.1 cm³/mol. The molecule has 0 spiro atoms. The quantitative estimate of drug-likeness (QED) is 0.896. The molecule has 0 amide bonds. The Kier molecular flexibility index (Phi) is 3.76. The summed E-state index contributed by atoms with van der Waals surface area (Å²) in [7, 11) is 0. The van der Waals surface area contributed by atoms with Gasteiger partial charge in [-0.25, -0.2) is 0 Å². The van der Waals surface area contributed by atoms with Crippen molar-refractivity contribution in [1.82, 2.24) is 5.32 Å². The highest BCUT2D eigenvalue weighted by Crippen LogP contribution is 2.35. The summed E-state index contributed by atoms with van der Waals surface area (Å²) >= 11 is 0.